The topological polar surface area (TPSA) is 69.6 Å². The van der Waals surface area contributed by atoms with Gasteiger partial charge in [0, 0.05) is 12.6 Å². The Morgan fingerprint density at radius 3 is 2.76 bits per heavy atom. The summed E-state index contributed by atoms with van der Waals surface area (Å²) in [6.45, 7) is 0.347. The lowest BCUT2D eigenvalue weighted by Crippen LogP contribution is -2.17. The Labute approximate surface area is 102 Å². The smallest absolute Gasteiger partial charge is 0.307 e. The molecule has 1 fully saturated rings. The summed E-state index contributed by atoms with van der Waals surface area (Å²) in [7, 11) is 0. The molecule has 0 aliphatic carbocycles. The van der Waals surface area contributed by atoms with Crippen LogP contribution in [0.2, 0.25) is 5.02 Å². The predicted octanol–water partition coefficient (Wildman–Crippen LogP) is 1.92. The van der Waals surface area contributed by atoms with Crippen molar-refractivity contribution < 1.29 is 19.4 Å². The van der Waals surface area contributed by atoms with Gasteiger partial charge >= 0.3 is 5.97 Å². The van der Waals surface area contributed by atoms with Crippen LogP contribution < -0.4 is 5.32 Å². The summed E-state index contributed by atoms with van der Waals surface area (Å²) in [6.07, 6.45) is 0.385. The summed E-state index contributed by atoms with van der Waals surface area (Å²) < 4.78 is 13.3. The van der Waals surface area contributed by atoms with E-state index in [0.29, 0.717) is 18.5 Å². The summed E-state index contributed by atoms with van der Waals surface area (Å²) in [5.41, 5.74) is 0.550. The van der Waals surface area contributed by atoms with Gasteiger partial charge in [0.05, 0.1) is 10.9 Å². The fraction of sp³-hybridized carbons (Fsp3) is 0.364. The first-order valence-electron chi connectivity index (χ1n) is 5.13. The molecule has 1 saturated heterocycles. The molecule has 1 aromatic carbocycles. The lowest BCUT2D eigenvalue weighted by molar-refractivity contribution is -0.141. The van der Waals surface area contributed by atoms with Gasteiger partial charge in [-0.3, -0.25) is 4.79 Å². The maximum absolute atomic E-state index is 13.3. The maximum Gasteiger partial charge on any atom is 0.307 e. The Kier molecular flexibility index (Phi) is 3.22. The number of phenolic OH excluding ortho intramolecular Hbond substituents is 1. The lowest BCUT2D eigenvalue weighted by Gasteiger charge is -2.12. The van der Waals surface area contributed by atoms with Crippen LogP contribution in [0.3, 0.4) is 0 Å². The molecule has 0 bridgehead atoms. The fourth-order valence-corrected chi connectivity index (χ4v) is 2.18. The molecule has 0 saturated carbocycles. The standard InChI is InChI=1S/C11H11ClFNO3/c12-7-1-5(2-8(13)10(7)15)9-3-6(4-14-9)11(16)17/h1-2,6,9,14-15H,3-4H2,(H,16,17). The van der Waals surface area contributed by atoms with E-state index in [1.807, 2.05) is 0 Å². The Morgan fingerprint density at radius 2 is 2.24 bits per heavy atom. The van der Waals surface area contributed by atoms with Gasteiger partial charge in [-0.15, -0.1) is 0 Å². The van der Waals surface area contributed by atoms with Crippen LogP contribution in [0.15, 0.2) is 12.1 Å². The van der Waals surface area contributed by atoms with Gasteiger partial charge in [-0.1, -0.05) is 11.6 Å². The summed E-state index contributed by atoms with van der Waals surface area (Å²) in [5, 5.41) is 21.0. The van der Waals surface area contributed by atoms with Crippen molar-refractivity contribution in [2.75, 3.05) is 6.54 Å². The van der Waals surface area contributed by atoms with E-state index in [9.17, 15) is 14.3 Å². The second-order valence-electron chi connectivity index (χ2n) is 4.06. The van der Waals surface area contributed by atoms with Gasteiger partial charge in [-0.2, -0.15) is 0 Å². The molecule has 17 heavy (non-hydrogen) atoms. The lowest BCUT2D eigenvalue weighted by atomic mass is 10.00. The van der Waals surface area contributed by atoms with E-state index in [1.165, 1.54) is 12.1 Å². The Bertz CT molecular complexity index is 443. The number of hydrogen-bond acceptors (Lipinski definition) is 3. The number of carboxylic acid groups (broad SMARTS) is 1. The molecular weight excluding hydrogens is 249 g/mol. The number of phenols is 1. The number of hydrogen-bond donors (Lipinski definition) is 3. The molecule has 4 nitrogen and oxygen atoms in total. The molecule has 1 aliphatic rings. The maximum atomic E-state index is 13.3. The highest BCUT2D eigenvalue weighted by atomic mass is 35.5. The van der Waals surface area contributed by atoms with Gasteiger partial charge in [0.15, 0.2) is 11.6 Å². The number of carbonyl (C=O) groups is 1. The number of halogens is 2. The molecule has 0 amide bonds. The second kappa shape index (κ2) is 4.50. The zero-order chi connectivity index (χ0) is 12.6. The van der Waals surface area contributed by atoms with E-state index in [1.54, 1.807) is 0 Å². The average molecular weight is 260 g/mol. The highest BCUT2D eigenvalue weighted by Crippen LogP contribution is 2.34. The summed E-state index contributed by atoms with van der Waals surface area (Å²) in [5.74, 6) is -2.72. The van der Waals surface area contributed by atoms with Crippen molar-refractivity contribution in [2.24, 2.45) is 5.92 Å². The van der Waals surface area contributed by atoms with Crippen LogP contribution in [0.4, 0.5) is 4.39 Å². The van der Waals surface area contributed by atoms with E-state index < -0.39 is 23.5 Å². The molecule has 0 aromatic heterocycles. The van der Waals surface area contributed by atoms with E-state index in [4.69, 9.17) is 16.7 Å². The second-order valence-corrected chi connectivity index (χ2v) is 4.47. The zero-order valence-electron chi connectivity index (χ0n) is 8.78. The van der Waals surface area contributed by atoms with Crippen LogP contribution in [0, 0.1) is 11.7 Å². The van der Waals surface area contributed by atoms with E-state index in [2.05, 4.69) is 5.32 Å². The molecule has 6 heteroatoms. The van der Waals surface area contributed by atoms with Gasteiger partial charge in [0.25, 0.3) is 0 Å². The monoisotopic (exact) mass is 259 g/mol. The number of aromatic hydroxyl groups is 1. The largest absolute Gasteiger partial charge is 0.504 e. The van der Waals surface area contributed by atoms with Crippen LogP contribution in [0.1, 0.15) is 18.0 Å². The number of aliphatic carboxylic acids is 1. The Hall–Kier alpha value is -1.33. The molecule has 2 atom stereocenters. The highest BCUT2D eigenvalue weighted by molar-refractivity contribution is 6.32. The van der Waals surface area contributed by atoms with Crippen molar-refractivity contribution in [1.82, 2.24) is 5.32 Å². The van der Waals surface area contributed by atoms with Crippen molar-refractivity contribution in [1.29, 1.82) is 0 Å². The number of nitrogens with one attached hydrogen (secondary N) is 1. The van der Waals surface area contributed by atoms with Gasteiger partial charge < -0.3 is 15.5 Å². The first-order valence-corrected chi connectivity index (χ1v) is 5.51. The van der Waals surface area contributed by atoms with Gasteiger partial charge in [-0.05, 0) is 24.1 Å². The minimum Gasteiger partial charge on any atom is -0.504 e. The van der Waals surface area contributed by atoms with Crippen LogP contribution in [0.25, 0.3) is 0 Å². The minimum absolute atomic E-state index is 0.0689. The molecule has 2 unspecified atom stereocenters. The first-order chi connectivity index (χ1) is 7.99. The molecule has 3 N–H and O–H groups in total. The SMILES string of the molecule is O=C(O)C1CNC(c2cc(F)c(O)c(Cl)c2)C1. The van der Waals surface area contributed by atoms with Crippen molar-refractivity contribution in [3.8, 4) is 5.75 Å². The Balaban J connectivity index is 2.22. The van der Waals surface area contributed by atoms with Gasteiger partial charge in [0.1, 0.15) is 0 Å². The summed E-state index contributed by atoms with van der Waals surface area (Å²) in [4.78, 5) is 10.8. The molecule has 1 aliphatic heterocycles. The minimum atomic E-state index is -0.870. The van der Waals surface area contributed by atoms with Crippen LogP contribution in [0.5, 0.6) is 5.75 Å². The fourth-order valence-electron chi connectivity index (χ4n) is 1.96. The normalized spacial score (nSPS) is 23.9. The van der Waals surface area contributed by atoms with Crippen LogP contribution in [-0.2, 0) is 4.79 Å². The predicted molar refractivity (Wildman–Crippen MR) is 59.6 cm³/mol. The van der Waals surface area contributed by atoms with Crippen molar-refractivity contribution >= 4 is 17.6 Å². The molecule has 1 heterocycles. The molecule has 92 valence electrons. The molecule has 2 rings (SSSR count). The molecule has 0 spiro atoms. The number of carboxylic acids is 1. The molecule has 0 radical (unpaired) electrons. The first kappa shape index (κ1) is 12.1. The van der Waals surface area contributed by atoms with Crippen molar-refractivity contribution in [3.63, 3.8) is 0 Å². The average Bonchev–Trinajstić information content (AvgIpc) is 2.74. The third-order valence-corrected chi connectivity index (χ3v) is 3.21. The van der Waals surface area contributed by atoms with Crippen molar-refractivity contribution in [2.45, 2.75) is 12.5 Å². The Morgan fingerprint density at radius 1 is 1.53 bits per heavy atom. The van der Waals surface area contributed by atoms with E-state index in [-0.39, 0.29) is 11.1 Å². The van der Waals surface area contributed by atoms with Crippen LogP contribution >= 0.6 is 11.6 Å². The number of benzene rings is 1. The molecular formula is C11H11ClFNO3. The third kappa shape index (κ3) is 2.35. The van der Waals surface area contributed by atoms with Gasteiger partial charge in [-0.25, -0.2) is 4.39 Å². The third-order valence-electron chi connectivity index (χ3n) is 2.92. The zero-order valence-corrected chi connectivity index (χ0v) is 9.54. The van der Waals surface area contributed by atoms with E-state index >= 15 is 0 Å². The van der Waals surface area contributed by atoms with Crippen LogP contribution in [-0.4, -0.2) is 22.7 Å². The quantitative estimate of drug-likeness (QED) is 0.759. The summed E-state index contributed by atoms with van der Waals surface area (Å²) in [6, 6.07) is 2.37. The van der Waals surface area contributed by atoms with E-state index in [0.717, 1.165) is 0 Å². The summed E-state index contributed by atoms with van der Waals surface area (Å²) >= 11 is 5.66. The highest BCUT2D eigenvalue weighted by Gasteiger charge is 2.30. The van der Waals surface area contributed by atoms with Gasteiger partial charge in [0.2, 0.25) is 0 Å². The molecule has 1 aromatic rings. The van der Waals surface area contributed by atoms with Crippen molar-refractivity contribution in [3.05, 3.63) is 28.5 Å². The number of rotatable bonds is 2.